The quantitative estimate of drug-likeness (QED) is 0.837. The van der Waals surface area contributed by atoms with Gasteiger partial charge in [-0.2, -0.15) is 0 Å². The molecule has 0 saturated heterocycles. The largest absolute Gasteiger partial charge is 0.361 e. The fourth-order valence-corrected chi connectivity index (χ4v) is 1.79. The van der Waals surface area contributed by atoms with E-state index in [-0.39, 0.29) is 5.91 Å². The molecule has 2 aromatic rings. The van der Waals surface area contributed by atoms with Crippen LogP contribution in [0.25, 0.3) is 10.9 Å². The van der Waals surface area contributed by atoms with Crippen LogP contribution in [0.5, 0.6) is 0 Å². The molecule has 0 aliphatic carbocycles. The lowest BCUT2D eigenvalue weighted by Gasteiger charge is -2.16. The van der Waals surface area contributed by atoms with Crippen LogP contribution in [-0.2, 0) is 0 Å². The fourth-order valence-electron chi connectivity index (χ4n) is 1.79. The molecular formula is C13H17N3O. The predicted molar refractivity (Wildman–Crippen MR) is 69.2 cm³/mol. The van der Waals surface area contributed by atoms with Gasteiger partial charge in [-0.25, -0.2) is 0 Å². The monoisotopic (exact) mass is 231 g/mol. The number of aromatic amines is 1. The summed E-state index contributed by atoms with van der Waals surface area (Å²) in [5.41, 5.74) is 1.79. The zero-order chi connectivity index (χ0) is 12.3. The average molecular weight is 231 g/mol. The van der Waals surface area contributed by atoms with E-state index in [1.54, 1.807) is 4.90 Å². The first-order valence-electron chi connectivity index (χ1n) is 5.69. The van der Waals surface area contributed by atoms with E-state index in [1.165, 1.54) is 0 Å². The van der Waals surface area contributed by atoms with Crippen LogP contribution < -0.4 is 5.32 Å². The van der Waals surface area contributed by atoms with Crippen LogP contribution in [0.4, 0.5) is 0 Å². The second kappa shape index (κ2) is 5.01. The highest BCUT2D eigenvalue weighted by Crippen LogP contribution is 2.15. The third-order valence-electron chi connectivity index (χ3n) is 2.84. The molecule has 0 spiro atoms. The first-order chi connectivity index (χ1) is 8.22. The highest BCUT2D eigenvalue weighted by Gasteiger charge is 2.11. The van der Waals surface area contributed by atoms with Crippen LogP contribution in [0.2, 0.25) is 0 Å². The summed E-state index contributed by atoms with van der Waals surface area (Å²) in [6, 6.07) is 7.69. The molecule has 0 bridgehead atoms. The number of amides is 1. The van der Waals surface area contributed by atoms with Crippen LogP contribution in [0, 0.1) is 0 Å². The summed E-state index contributed by atoms with van der Waals surface area (Å²) in [7, 11) is 3.70. The number of likely N-dealkylation sites (N-methyl/N-ethyl adjacent to an activating group) is 2. The normalized spacial score (nSPS) is 10.7. The molecule has 1 heterocycles. The minimum atomic E-state index is 0.0587. The first kappa shape index (κ1) is 11.7. The molecule has 2 rings (SSSR count). The number of nitrogens with one attached hydrogen (secondary N) is 2. The Labute approximate surface area is 101 Å². The van der Waals surface area contributed by atoms with Crippen molar-refractivity contribution in [3.63, 3.8) is 0 Å². The predicted octanol–water partition coefficient (Wildman–Crippen LogP) is 1.46. The SMILES string of the molecule is CNCCN(C)C(=O)c1ccc2[nH]ccc2c1. The van der Waals surface area contributed by atoms with E-state index in [2.05, 4.69) is 10.3 Å². The molecule has 0 aliphatic heterocycles. The van der Waals surface area contributed by atoms with Crippen LogP contribution in [0.3, 0.4) is 0 Å². The van der Waals surface area contributed by atoms with Crippen molar-refractivity contribution in [2.24, 2.45) is 0 Å². The van der Waals surface area contributed by atoms with E-state index in [0.29, 0.717) is 6.54 Å². The lowest BCUT2D eigenvalue weighted by molar-refractivity contribution is 0.0797. The summed E-state index contributed by atoms with van der Waals surface area (Å²) in [5.74, 6) is 0.0587. The van der Waals surface area contributed by atoms with Gasteiger partial charge in [-0.15, -0.1) is 0 Å². The van der Waals surface area contributed by atoms with Gasteiger partial charge < -0.3 is 15.2 Å². The van der Waals surface area contributed by atoms with Crippen LogP contribution in [-0.4, -0.2) is 43.0 Å². The first-order valence-corrected chi connectivity index (χ1v) is 5.69. The number of H-pyrrole nitrogens is 1. The molecular weight excluding hydrogens is 214 g/mol. The van der Waals surface area contributed by atoms with Gasteiger partial charge >= 0.3 is 0 Å². The molecule has 0 unspecified atom stereocenters. The molecule has 4 heteroatoms. The lowest BCUT2D eigenvalue weighted by Crippen LogP contribution is -2.32. The van der Waals surface area contributed by atoms with E-state index in [4.69, 9.17) is 0 Å². The number of carbonyl (C=O) groups excluding carboxylic acids is 1. The number of hydrogen-bond acceptors (Lipinski definition) is 2. The number of carbonyl (C=O) groups is 1. The van der Waals surface area contributed by atoms with Crippen molar-refractivity contribution in [3.8, 4) is 0 Å². The van der Waals surface area contributed by atoms with Gasteiger partial charge in [0.15, 0.2) is 0 Å². The molecule has 0 atom stereocenters. The minimum absolute atomic E-state index is 0.0587. The average Bonchev–Trinajstić information content (AvgIpc) is 2.81. The molecule has 90 valence electrons. The number of aromatic nitrogens is 1. The van der Waals surface area contributed by atoms with Crippen LogP contribution in [0.1, 0.15) is 10.4 Å². The van der Waals surface area contributed by atoms with Gasteiger partial charge in [0.05, 0.1) is 0 Å². The third-order valence-corrected chi connectivity index (χ3v) is 2.84. The zero-order valence-corrected chi connectivity index (χ0v) is 10.2. The summed E-state index contributed by atoms with van der Waals surface area (Å²) in [6.07, 6.45) is 1.88. The summed E-state index contributed by atoms with van der Waals surface area (Å²) < 4.78 is 0. The Kier molecular flexibility index (Phi) is 3.44. The summed E-state index contributed by atoms with van der Waals surface area (Å²) in [4.78, 5) is 16.9. The maximum absolute atomic E-state index is 12.1. The Hall–Kier alpha value is -1.81. The van der Waals surface area contributed by atoms with Gasteiger partial charge in [0, 0.05) is 42.8 Å². The van der Waals surface area contributed by atoms with Gasteiger partial charge in [0.25, 0.3) is 5.91 Å². The molecule has 1 amide bonds. The van der Waals surface area contributed by atoms with E-state index in [0.717, 1.165) is 23.0 Å². The van der Waals surface area contributed by atoms with E-state index in [9.17, 15) is 4.79 Å². The maximum atomic E-state index is 12.1. The topological polar surface area (TPSA) is 48.1 Å². The van der Waals surface area contributed by atoms with Crippen molar-refractivity contribution in [3.05, 3.63) is 36.0 Å². The van der Waals surface area contributed by atoms with E-state index >= 15 is 0 Å². The molecule has 0 aliphatic rings. The Morgan fingerprint density at radius 2 is 2.24 bits per heavy atom. The number of nitrogens with zero attached hydrogens (tertiary/aromatic N) is 1. The number of hydrogen-bond donors (Lipinski definition) is 2. The smallest absolute Gasteiger partial charge is 0.253 e. The van der Waals surface area contributed by atoms with Crippen LogP contribution in [0.15, 0.2) is 30.5 Å². The van der Waals surface area contributed by atoms with Crippen molar-refractivity contribution in [2.45, 2.75) is 0 Å². The molecule has 0 fully saturated rings. The van der Waals surface area contributed by atoms with Crippen molar-refractivity contribution < 1.29 is 4.79 Å². The molecule has 0 radical (unpaired) electrons. The van der Waals surface area contributed by atoms with Gasteiger partial charge in [-0.3, -0.25) is 4.79 Å². The molecule has 0 saturated carbocycles. The molecule has 1 aromatic heterocycles. The highest BCUT2D eigenvalue weighted by molar-refractivity contribution is 5.97. The molecule has 1 aromatic carbocycles. The van der Waals surface area contributed by atoms with Gasteiger partial charge in [0.2, 0.25) is 0 Å². The number of fused-ring (bicyclic) bond motifs is 1. The number of rotatable bonds is 4. The third kappa shape index (κ3) is 2.47. The van der Waals surface area contributed by atoms with E-state index < -0.39 is 0 Å². The Bertz CT molecular complexity index is 518. The second-order valence-corrected chi connectivity index (χ2v) is 4.11. The zero-order valence-electron chi connectivity index (χ0n) is 10.2. The van der Waals surface area contributed by atoms with E-state index in [1.807, 2.05) is 44.6 Å². The number of benzene rings is 1. The maximum Gasteiger partial charge on any atom is 0.253 e. The highest BCUT2D eigenvalue weighted by atomic mass is 16.2. The van der Waals surface area contributed by atoms with Crippen molar-refractivity contribution in [2.75, 3.05) is 27.2 Å². The minimum Gasteiger partial charge on any atom is -0.361 e. The van der Waals surface area contributed by atoms with Crippen molar-refractivity contribution in [1.29, 1.82) is 0 Å². The Balaban J connectivity index is 2.17. The summed E-state index contributed by atoms with van der Waals surface area (Å²) >= 11 is 0. The molecule has 4 nitrogen and oxygen atoms in total. The van der Waals surface area contributed by atoms with Crippen LogP contribution >= 0.6 is 0 Å². The van der Waals surface area contributed by atoms with Gasteiger partial charge in [-0.05, 0) is 31.3 Å². The standard InChI is InChI=1S/C13H17N3O/c1-14-7-8-16(2)13(17)11-3-4-12-10(9-11)5-6-15-12/h3-6,9,14-15H,7-8H2,1-2H3. The molecule has 2 N–H and O–H groups in total. The summed E-state index contributed by atoms with van der Waals surface area (Å²) in [5, 5.41) is 4.10. The van der Waals surface area contributed by atoms with Crippen molar-refractivity contribution in [1.82, 2.24) is 15.2 Å². The second-order valence-electron chi connectivity index (χ2n) is 4.11. The summed E-state index contributed by atoms with van der Waals surface area (Å²) in [6.45, 7) is 1.51. The molecule has 17 heavy (non-hydrogen) atoms. The van der Waals surface area contributed by atoms with Crippen molar-refractivity contribution >= 4 is 16.8 Å². The fraction of sp³-hybridized carbons (Fsp3) is 0.308. The van der Waals surface area contributed by atoms with Gasteiger partial charge in [0.1, 0.15) is 0 Å². The lowest BCUT2D eigenvalue weighted by atomic mass is 10.1. The van der Waals surface area contributed by atoms with Gasteiger partial charge in [-0.1, -0.05) is 0 Å². The Morgan fingerprint density at radius 1 is 1.41 bits per heavy atom. The Morgan fingerprint density at radius 3 is 3.00 bits per heavy atom.